The standard InChI is InChI=1S/C11H11ClN2O/c1-2-4-10-9(7-15)13-11-8(12)5-3-6-14(10)11/h3,5-7H,2,4H2,1H3. The maximum absolute atomic E-state index is 10.9. The third-order valence-corrected chi connectivity index (χ3v) is 2.63. The second-order valence-corrected chi connectivity index (χ2v) is 3.77. The van der Waals surface area contributed by atoms with Crippen molar-refractivity contribution in [1.29, 1.82) is 0 Å². The van der Waals surface area contributed by atoms with E-state index in [1.807, 2.05) is 16.7 Å². The van der Waals surface area contributed by atoms with Crippen LogP contribution in [0.2, 0.25) is 5.02 Å². The molecule has 0 N–H and O–H groups in total. The zero-order valence-electron chi connectivity index (χ0n) is 8.40. The topological polar surface area (TPSA) is 34.4 Å². The van der Waals surface area contributed by atoms with E-state index in [-0.39, 0.29) is 0 Å². The number of halogens is 1. The summed E-state index contributed by atoms with van der Waals surface area (Å²) in [4.78, 5) is 15.1. The van der Waals surface area contributed by atoms with Gasteiger partial charge in [0.2, 0.25) is 0 Å². The molecule has 4 heteroatoms. The van der Waals surface area contributed by atoms with Crippen molar-refractivity contribution in [3.05, 3.63) is 34.7 Å². The minimum atomic E-state index is 0.491. The van der Waals surface area contributed by atoms with E-state index >= 15 is 0 Å². The molecule has 0 fully saturated rings. The van der Waals surface area contributed by atoms with Gasteiger partial charge in [-0.2, -0.15) is 0 Å². The summed E-state index contributed by atoms with van der Waals surface area (Å²) in [7, 11) is 0. The molecule has 78 valence electrons. The van der Waals surface area contributed by atoms with E-state index in [0.29, 0.717) is 16.4 Å². The molecule has 15 heavy (non-hydrogen) atoms. The predicted octanol–water partition coefficient (Wildman–Crippen LogP) is 2.75. The van der Waals surface area contributed by atoms with Crippen molar-refractivity contribution >= 4 is 23.5 Å². The van der Waals surface area contributed by atoms with Gasteiger partial charge in [-0.3, -0.25) is 4.79 Å². The minimum Gasteiger partial charge on any atom is -0.302 e. The molecule has 0 spiro atoms. The van der Waals surface area contributed by atoms with Crippen molar-refractivity contribution < 1.29 is 4.79 Å². The fraction of sp³-hybridized carbons (Fsp3) is 0.273. The molecule has 2 heterocycles. The molecule has 0 saturated heterocycles. The van der Waals surface area contributed by atoms with Crippen molar-refractivity contribution in [1.82, 2.24) is 9.38 Å². The van der Waals surface area contributed by atoms with Crippen LogP contribution in [0.3, 0.4) is 0 Å². The monoisotopic (exact) mass is 222 g/mol. The third-order valence-electron chi connectivity index (χ3n) is 2.33. The number of carbonyl (C=O) groups is 1. The van der Waals surface area contributed by atoms with Crippen molar-refractivity contribution in [3.8, 4) is 0 Å². The minimum absolute atomic E-state index is 0.491. The lowest BCUT2D eigenvalue weighted by Gasteiger charge is -2.00. The first-order valence-corrected chi connectivity index (χ1v) is 5.26. The van der Waals surface area contributed by atoms with Gasteiger partial charge in [0.05, 0.1) is 10.7 Å². The molecule has 0 unspecified atom stereocenters. The number of rotatable bonds is 3. The molecule has 0 radical (unpaired) electrons. The highest BCUT2D eigenvalue weighted by atomic mass is 35.5. The number of hydrogen-bond donors (Lipinski definition) is 0. The molecule has 3 nitrogen and oxygen atoms in total. The van der Waals surface area contributed by atoms with Gasteiger partial charge in [0, 0.05) is 6.20 Å². The van der Waals surface area contributed by atoms with Crippen LogP contribution in [0.5, 0.6) is 0 Å². The summed E-state index contributed by atoms with van der Waals surface area (Å²) in [6.07, 6.45) is 4.47. The molecule has 2 rings (SSSR count). The predicted molar refractivity (Wildman–Crippen MR) is 59.6 cm³/mol. The highest BCUT2D eigenvalue weighted by molar-refractivity contribution is 6.33. The Kier molecular flexibility index (Phi) is 2.73. The summed E-state index contributed by atoms with van der Waals surface area (Å²) in [5.41, 5.74) is 2.08. The van der Waals surface area contributed by atoms with Crippen LogP contribution in [0, 0.1) is 0 Å². The Morgan fingerprint density at radius 2 is 2.40 bits per heavy atom. The second-order valence-electron chi connectivity index (χ2n) is 3.36. The number of imidazole rings is 1. The Balaban J connectivity index is 2.74. The van der Waals surface area contributed by atoms with Crippen LogP contribution < -0.4 is 0 Å². The maximum Gasteiger partial charge on any atom is 0.170 e. The summed E-state index contributed by atoms with van der Waals surface area (Å²) >= 11 is 6.00. The Labute approximate surface area is 92.7 Å². The Bertz CT molecular complexity index is 505. The van der Waals surface area contributed by atoms with Gasteiger partial charge in [-0.25, -0.2) is 4.98 Å². The van der Waals surface area contributed by atoms with Crippen molar-refractivity contribution in [2.24, 2.45) is 0 Å². The normalized spacial score (nSPS) is 10.8. The molecule has 0 bridgehead atoms. The van der Waals surface area contributed by atoms with Gasteiger partial charge < -0.3 is 4.40 Å². The summed E-state index contributed by atoms with van der Waals surface area (Å²) in [6, 6.07) is 3.62. The van der Waals surface area contributed by atoms with Crippen molar-refractivity contribution in [2.45, 2.75) is 19.8 Å². The quantitative estimate of drug-likeness (QED) is 0.749. The molecule has 0 aliphatic carbocycles. The molecule has 0 aliphatic rings. The van der Waals surface area contributed by atoms with Crippen LogP contribution in [0.25, 0.3) is 5.65 Å². The molecular formula is C11H11ClN2O. The average Bonchev–Trinajstić information content (AvgIpc) is 2.59. The van der Waals surface area contributed by atoms with Crippen LogP contribution in [-0.2, 0) is 6.42 Å². The summed E-state index contributed by atoms with van der Waals surface area (Å²) in [5, 5.41) is 0.572. The second kappa shape index (κ2) is 4.03. The zero-order valence-corrected chi connectivity index (χ0v) is 9.16. The molecule has 0 aliphatic heterocycles. The third kappa shape index (κ3) is 1.63. The van der Waals surface area contributed by atoms with E-state index < -0.39 is 0 Å². The van der Waals surface area contributed by atoms with Crippen molar-refractivity contribution in [3.63, 3.8) is 0 Å². The number of pyridine rings is 1. The summed E-state index contributed by atoms with van der Waals surface area (Å²) in [6.45, 7) is 2.07. The van der Waals surface area contributed by atoms with E-state index in [9.17, 15) is 4.79 Å². The smallest absolute Gasteiger partial charge is 0.170 e. The lowest BCUT2D eigenvalue weighted by molar-refractivity contribution is 0.111. The fourth-order valence-corrected chi connectivity index (χ4v) is 1.89. The molecule has 0 atom stereocenters. The average molecular weight is 223 g/mol. The largest absolute Gasteiger partial charge is 0.302 e. The van der Waals surface area contributed by atoms with Crippen LogP contribution in [0.1, 0.15) is 29.5 Å². The lowest BCUT2D eigenvalue weighted by atomic mass is 10.2. The summed E-state index contributed by atoms with van der Waals surface area (Å²) < 4.78 is 1.88. The lowest BCUT2D eigenvalue weighted by Crippen LogP contribution is -1.95. The molecular weight excluding hydrogens is 212 g/mol. The highest BCUT2D eigenvalue weighted by Gasteiger charge is 2.11. The number of aryl methyl sites for hydroxylation is 1. The highest BCUT2D eigenvalue weighted by Crippen LogP contribution is 2.20. The van der Waals surface area contributed by atoms with Gasteiger partial charge in [-0.05, 0) is 18.6 Å². The number of carbonyl (C=O) groups excluding carboxylic acids is 1. The number of nitrogens with zero attached hydrogens (tertiary/aromatic N) is 2. The first-order valence-electron chi connectivity index (χ1n) is 4.88. The molecule has 2 aromatic rings. The van der Waals surface area contributed by atoms with Gasteiger partial charge in [0.15, 0.2) is 11.9 Å². The van der Waals surface area contributed by atoms with E-state index in [1.165, 1.54) is 0 Å². The van der Waals surface area contributed by atoms with E-state index in [0.717, 1.165) is 24.8 Å². The van der Waals surface area contributed by atoms with Gasteiger partial charge >= 0.3 is 0 Å². The number of hydrogen-bond acceptors (Lipinski definition) is 2. The number of aldehydes is 1. The Morgan fingerprint density at radius 1 is 1.60 bits per heavy atom. The van der Waals surface area contributed by atoms with Crippen LogP contribution in [0.4, 0.5) is 0 Å². The van der Waals surface area contributed by atoms with Gasteiger partial charge in [-0.15, -0.1) is 0 Å². The van der Waals surface area contributed by atoms with Crippen LogP contribution in [-0.4, -0.2) is 15.7 Å². The zero-order chi connectivity index (χ0) is 10.8. The molecule has 0 amide bonds. The summed E-state index contributed by atoms with van der Waals surface area (Å²) in [5.74, 6) is 0. The molecule has 0 saturated carbocycles. The van der Waals surface area contributed by atoms with Crippen molar-refractivity contribution in [2.75, 3.05) is 0 Å². The SMILES string of the molecule is CCCc1c(C=O)nc2c(Cl)cccn12. The van der Waals surface area contributed by atoms with Gasteiger partial charge in [0.25, 0.3) is 0 Å². The number of aromatic nitrogens is 2. The van der Waals surface area contributed by atoms with Crippen LogP contribution >= 0.6 is 11.6 Å². The van der Waals surface area contributed by atoms with E-state index in [2.05, 4.69) is 11.9 Å². The number of fused-ring (bicyclic) bond motifs is 1. The maximum atomic E-state index is 10.9. The van der Waals surface area contributed by atoms with Gasteiger partial charge in [-0.1, -0.05) is 24.9 Å². The first kappa shape index (κ1) is 10.2. The Hall–Kier alpha value is -1.35. The fourth-order valence-electron chi connectivity index (χ4n) is 1.68. The van der Waals surface area contributed by atoms with E-state index in [4.69, 9.17) is 11.6 Å². The first-order chi connectivity index (χ1) is 7.27. The molecule has 2 aromatic heterocycles. The van der Waals surface area contributed by atoms with E-state index in [1.54, 1.807) is 6.07 Å². The Morgan fingerprint density at radius 3 is 3.07 bits per heavy atom. The van der Waals surface area contributed by atoms with Gasteiger partial charge in [0.1, 0.15) is 5.69 Å². The molecule has 0 aromatic carbocycles. The van der Waals surface area contributed by atoms with Crippen LogP contribution in [0.15, 0.2) is 18.3 Å².